The molecule has 1 aliphatic heterocycles. The van der Waals surface area contributed by atoms with Crippen LogP contribution in [0.5, 0.6) is 0 Å². The minimum Gasteiger partial charge on any atom is -0.343 e. The fraction of sp³-hybridized carbons (Fsp3) is 0.238. The van der Waals surface area contributed by atoms with Crippen molar-refractivity contribution < 1.29 is 4.79 Å². The van der Waals surface area contributed by atoms with E-state index in [1.54, 1.807) is 6.20 Å². The lowest BCUT2D eigenvalue weighted by Crippen LogP contribution is -2.24. The topological polar surface area (TPSA) is 51.1 Å². The third-order valence-electron chi connectivity index (χ3n) is 5.22. The van der Waals surface area contributed by atoms with Gasteiger partial charge in [-0.05, 0) is 56.0 Å². The van der Waals surface area contributed by atoms with Gasteiger partial charge in [0.1, 0.15) is 5.56 Å². The Morgan fingerprint density at radius 3 is 2.72 bits per heavy atom. The lowest BCUT2D eigenvalue weighted by atomic mass is 10.1. The third kappa shape index (κ3) is 2.37. The van der Waals surface area contributed by atoms with Crippen LogP contribution < -0.4 is 10.7 Å². The number of amides is 1. The fourth-order valence-corrected chi connectivity index (χ4v) is 3.65. The molecule has 126 valence electrons. The summed E-state index contributed by atoms with van der Waals surface area (Å²) in [5, 5.41) is 3.52. The van der Waals surface area contributed by atoms with Crippen LogP contribution in [0.3, 0.4) is 0 Å². The Bertz CT molecular complexity index is 1080. The SMILES string of the molecule is Cc1cccc(NC(=O)c2cn3c4c(cccc4c2=O)C[C@H]3C)c1C. The Labute approximate surface area is 146 Å². The number of para-hydroxylation sites is 1. The molecular formula is C21H20N2O2. The van der Waals surface area contributed by atoms with E-state index in [9.17, 15) is 9.59 Å². The minimum atomic E-state index is -0.353. The van der Waals surface area contributed by atoms with Gasteiger partial charge in [-0.1, -0.05) is 24.3 Å². The molecule has 0 saturated heterocycles. The van der Waals surface area contributed by atoms with Crippen molar-refractivity contribution in [3.8, 4) is 0 Å². The van der Waals surface area contributed by atoms with Gasteiger partial charge < -0.3 is 9.88 Å². The van der Waals surface area contributed by atoms with Crippen molar-refractivity contribution in [1.29, 1.82) is 0 Å². The van der Waals surface area contributed by atoms with Gasteiger partial charge in [0, 0.05) is 23.3 Å². The maximum atomic E-state index is 12.9. The highest BCUT2D eigenvalue weighted by Gasteiger charge is 2.24. The molecule has 2 aromatic carbocycles. The van der Waals surface area contributed by atoms with Crippen LogP contribution in [-0.2, 0) is 6.42 Å². The molecule has 1 aliphatic rings. The largest absolute Gasteiger partial charge is 0.343 e. The summed E-state index contributed by atoms with van der Waals surface area (Å²) in [6.45, 7) is 6.07. The van der Waals surface area contributed by atoms with Crippen LogP contribution in [0, 0.1) is 13.8 Å². The van der Waals surface area contributed by atoms with Gasteiger partial charge in [0.25, 0.3) is 5.91 Å². The molecule has 4 nitrogen and oxygen atoms in total. The Kier molecular flexibility index (Phi) is 3.49. The first-order valence-corrected chi connectivity index (χ1v) is 8.51. The number of hydrogen-bond donors (Lipinski definition) is 1. The molecule has 3 aromatic rings. The second kappa shape index (κ2) is 5.59. The van der Waals surface area contributed by atoms with E-state index >= 15 is 0 Å². The summed E-state index contributed by atoms with van der Waals surface area (Å²) in [7, 11) is 0. The van der Waals surface area contributed by atoms with Crippen LogP contribution in [0.1, 0.15) is 40.0 Å². The standard InChI is InChI=1S/C21H20N2O2/c1-12-6-4-9-18(14(12)3)22-21(25)17-11-23-13(2)10-15-7-5-8-16(19(15)23)20(17)24/h4-9,11,13H,10H2,1-3H3,(H,22,25)/t13-/m1/s1. The first kappa shape index (κ1) is 15.6. The van der Waals surface area contributed by atoms with Gasteiger partial charge in [-0.2, -0.15) is 0 Å². The van der Waals surface area contributed by atoms with E-state index in [1.807, 2.05) is 44.2 Å². The Morgan fingerprint density at radius 2 is 1.92 bits per heavy atom. The number of benzene rings is 2. The molecule has 1 aromatic heterocycles. The van der Waals surface area contributed by atoms with E-state index in [2.05, 4.69) is 22.9 Å². The molecule has 1 amide bonds. The molecule has 4 rings (SSSR count). The number of pyridine rings is 1. The molecule has 0 aliphatic carbocycles. The Hall–Kier alpha value is -2.88. The number of nitrogens with zero attached hydrogens (tertiary/aromatic N) is 1. The summed E-state index contributed by atoms with van der Waals surface area (Å²) in [6, 6.07) is 11.8. The maximum absolute atomic E-state index is 12.9. The van der Waals surface area contributed by atoms with Gasteiger partial charge >= 0.3 is 0 Å². The van der Waals surface area contributed by atoms with Crippen LogP contribution in [-0.4, -0.2) is 10.5 Å². The van der Waals surface area contributed by atoms with E-state index in [-0.39, 0.29) is 22.9 Å². The van der Waals surface area contributed by atoms with Crippen molar-refractivity contribution in [1.82, 2.24) is 4.57 Å². The predicted octanol–water partition coefficient (Wildman–Crippen LogP) is 3.99. The van der Waals surface area contributed by atoms with Gasteiger partial charge in [0.05, 0.1) is 5.52 Å². The molecule has 0 radical (unpaired) electrons. The molecule has 1 atom stereocenters. The number of anilines is 1. The molecule has 4 heteroatoms. The van der Waals surface area contributed by atoms with Crippen molar-refractivity contribution in [3.63, 3.8) is 0 Å². The van der Waals surface area contributed by atoms with E-state index in [4.69, 9.17) is 0 Å². The van der Waals surface area contributed by atoms with Gasteiger partial charge in [0.2, 0.25) is 5.43 Å². The molecule has 2 heterocycles. The van der Waals surface area contributed by atoms with E-state index in [0.717, 1.165) is 28.8 Å². The Balaban J connectivity index is 1.83. The average molecular weight is 332 g/mol. The van der Waals surface area contributed by atoms with Crippen molar-refractivity contribution in [3.05, 3.63) is 75.1 Å². The lowest BCUT2D eigenvalue weighted by Gasteiger charge is -2.14. The molecule has 25 heavy (non-hydrogen) atoms. The van der Waals surface area contributed by atoms with Gasteiger partial charge in [-0.25, -0.2) is 0 Å². The number of carbonyl (C=O) groups is 1. The lowest BCUT2D eigenvalue weighted by molar-refractivity contribution is 0.102. The molecular weight excluding hydrogens is 312 g/mol. The van der Waals surface area contributed by atoms with E-state index in [1.165, 1.54) is 5.56 Å². The van der Waals surface area contributed by atoms with Crippen LogP contribution >= 0.6 is 0 Å². The van der Waals surface area contributed by atoms with Gasteiger partial charge in [-0.3, -0.25) is 9.59 Å². The summed E-state index contributed by atoms with van der Waals surface area (Å²) in [4.78, 5) is 25.7. The molecule has 1 N–H and O–H groups in total. The van der Waals surface area contributed by atoms with Crippen molar-refractivity contribution in [2.75, 3.05) is 5.32 Å². The summed E-state index contributed by atoms with van der Waals surface area (Å²) in [5.41, 5.74) is 4.98. The number of hydrogen-bond acceptors (Lipinski definition) is 2. The molecule has 0 unspecified atom stereocenters. The van der Waals surface area contributed by atoms with Gasteiger partial charge in [0.15, 0.2) is 0 Å². The first-order valence-electron chi connectivity index (χ1n) is 8.51. The molecule has 0 bridgehead atoms. The molecule has 0 saturated carbocycles. The van der Waals surface area contributed by atoms with Crippen LogP contribution in [0.25, 0.3) is 10.9 Å². The maximum Gasteiger partial charge on any atom is 0.261 e. The monoisotopic (exact) mass is 332 g/mol. The van der Waals surface area contributed by atoms with E-state index in [0.29, 0.717) is 5.39 Å². The predicted molar refractivity (Wildman–Crippen MR) is 100 cm³/mol. The fourth-order valence-electron chi connectivity index (χ4n) is 3.65. The summed E-state index contributed by atoms with van der Waals surface area (Å²) < 4.78 is 2.06. The average Bonchev–Trinajstić information content (AvgIpc) is 2.91. The zero-order valence-electron chi connectivity index (χ0n) is 14.6. The number of nitrogens with one attached hydrogen (secondary N) is 1. The Morgan fingerprint density at radius 1 is 1.16 bits per heavy atom. The van der Waals surface area contributed by atoms with Gasteiger partial charge in [-0.15, -0.1) is 0 Å². The zero-order valence-corrected chi connectivity index (χ0v) is 14.6. The van der Waals surface area contributed by atoms with Crippen molar-refractivity contribution in [2.45, 2.75) is 33.2 Å². The van der Waals surface area contributed by atoms with Crippen LogP contribution in [0.2, 0.25) is 0 Å². The smallest absolute Gasteiger partial charge is 0.261 e. The van der Waals surface area contributed by atoms with Crippen molar-refractivity contribution >= 4 is 22.5 Å². The third-order valence-corrected chi connectivity index (χ3v) is 5.22. The molecule has 0 fully saturated rings. The van der Waals surface area contributed by atoms with Crippen LogP contribution in [0.4, 0.5) is 5.69 Å². The minimum absolute atomic E-state index is 0.194. The summed E-state index contributed by atoms with van der Waals surface area (Å²) in [6.07, 6.45) is 2.60. The number of rotatable bonds is 2. The second-order valence-corrected chi connectivity index (χ2v) is 6.85. The normalized spacial score (nSPS) is 15.6. The summed E-state index contributed by atoms with van der Waals surface area (Å²) in [5.74, 6) is -0.353. The molecule has 0 spiro atoms. The zero-order chi connectivity index (χ0) is 17.7. The highest BCUT2D eigenvalue weighted by atomic mass is 16.2. The highest BCUT2D eigenvalue weighted by molar-refractivity contribution is 6.06. The number of aryl methyl sites for hydroxylation is 1. The first-order chi connectivity index (χ1) is 12.0. The van der Waals surface area contributed by atoms with Crippen LogP contribution in [0.15, 0.2) is 47.4 Å². The quantitative estimate of drug-likeness (QED) is 0.771. The van der Waals surface area contributed by atoms with E-state index < -0.39 is 0 Å². The number of aromatic nitrogens is 1. The highest BCUT2D eigenvalue weighted by Crippen LogP contribution is 2.31. The summed E-state index contributed by atoms with van der Waals surface area (Å²) >= 11 is 0. The van der Waals surface area contributed by atoms with Crippen molar-refractivity contribution in [2.24, 2.45) is 0 Å². The second-order valence-electron chi connectivity index (χ2n) is 6.85. The number of carbonyl (C=O) groups excluding carboxylic acids is 1.